The van der Waals surface area contributed by atoms with Crippen molar-refractivity contribution in [2.75, 3.05) is 14.2 Å². The number of nitrogens with zero attached hydrogens (tertiary/aromatic N) is 1. The third kappa shape index (κ3) is 4.86. The number of carbonyl (C=O) groups is 2. The fourth-order valence-corrected chi connectivity index (χ4v) is 6.04. The van der Waals surface area contributed by atoms with E-state index < -0.39 is 5.60 Å². The van der Waals surface area contributed by atoms with E-state index in [0.717, 1.165) is 40.8 Å². The van der Waals surface area contributed by atoms with Crippen LogP contribution in [0.3, 0.4) is 0 Å². The highest BCUT2D eigenvalue weighted by Crippen LogP contribution is 2.40. The average molecular weight is 504 g/mol. The van der Waals surface area contributed by atoms with Gasteiger partial charge < -0.3 is 18.8 Å². The van der Waals surface area contributed by atoms with Gasteiger partial charge in [-0.2, -0.15) is 0 Å². The molecule has 2 heterocycles. The van der Waals surface area contributed by atoms with E-state index >= 15 is 0 Å². The molecule has 6 heteroatoms. The van der Waals surface area contributed by atoms with Gasteiger partial charge in [0, 0.05) is 10.9 Å². The second kappa shape index (κ2) is 9.88. The van der Waals surface area contributed by atoms with Crippen LogP contribution < -0.4 is 15.3 Å². The zero-order valence-corrected chi connectivity index (χ0v) is 22.6. The molecule has 2 aliphatic carbocycles. The summed E-state index contributed by atoms with van der Waals surface area (Å²) in [7, 11) is 3.07. The largest absolute Gasteiger partial charge is 0.497 e. The van der Waals surface area contributed by atoms with Crippen molar-refractivity contribution >= 4 is 30.2 Å². The number of carbonyl (C=O) groups excluding carboxylic acids is 2. The molecular weight excluding hydrogens is 466 g/mol. The Balaban J connectivity index is 1.77. The van der Waals surface area contributed by atoms with Gasteiger partial charge in [-0.25, -0.2) is 4.79 Å². The molecule has 1 aliphatic heterocycles. The topological polar surface area (TPSA) is 66.8 Å². The molecule has 0 amide bonds. The van der Waals surface area contributed by atoms with E-state index in [0.29, 0.717) is 24.5 Å². The molecule has 0 radical (unpaired) electrons. The summed E-state index contributed by atoms with van der Waals surface area (Å²) >= 11 is 0. The normalized spacial score (nSPS) is 19.2. The molecule has 0 bridgehead atoms. The van der Waals surface area contributed by atoms with E-state index in [9.17, 15) is 9.59 Å². The molecule has 37 heavy (non-hydrogen) atoms. The molecule has 0 spiro atoms. The maximum Gasteiger partial charge on any atom is 0.335 e. The molecular formula is C31H37NO5. The minimum absolute atomic E-state index is 0.216. The summed E-state index contributed by atoms with van der Waals surface area (Å²) in [6.07, 6.45) is 12.8. The van der Waals surface area contributed by atoms with Crippen LogP contribution in [0.2, 0.25) is 0 Å². The monoisotopic (exact) mass is 503 g/mol. The van der Waals surface area contributed by atoms with Crippen molar-refractivity contribution in [1.29, 1.82) is 0 Å². The van der Waals surface area contributed by atoms with Crippen LogP contribution in [0.15, 0.2) is 23.8 Å². The van der Waals surface area contributed by atoms with Gasteiger partial charge in [0.2, 0.25) is 0 Å². The van der Waals surface area contributed by atoms with Gasteiger partial charge in [-0.3, -0.25) is 4.79 Å². The Bertz CT molecular complexity index is 1380. The maximum absolute atomic E-state index is 13.1. The lowest BCUT2D eigenvalue weighted by molar-refractivity contribution is -0.157. The number of hydrogen-bond donors (Lipinski definition) is 0. The fraction of sp³-hybridized carbons (Fsp3) is 0.484. The van der Waals surface area contributed by atoms with Crippen LogP contribution in [0.4, 0.5) is 0 Å². The molecule has 196 valence electrons. The maximum atomic E-state index is 13.1. The van der Waals surface area contributed by atoms with Crippen molar-refractivity contribution < 1.29 is 23.8 Å². The third-order valence-corrected chi connectivity index (χ3v) is 7.66. The first-order chi connectivity index (χ1) is 17.7. The standard InChI is InChI=1S/C31H37NO5/c1-31(2,3)37-30(34)20-11-13-25-26(17-20)32-18-22(29(33)36-5)15-21-16-23(35-4)12-14-24(21)28(32)27(25)19-9-7-6-8-10-19/h12-17,19-20H,6-11,18H2,1-5H3/t20-/m1/s1. The number of ether oxygens (including phenoxy) is 3. The van der Waals surface area contributed by atoms with Crippen molar-refractivity contribution in [1.82, 2.24) is 4.57 Å². The molecule has 1 atom stereocenters. The van der Waals surface area contributed by atoms with Crippen molar-refractivity contribution in [3.8, 4) is 17.0 Å². The Morgan fingerprint density at radius 2 is 1.81 bits per heavy atom. The summed E-state index contributed by atoms with van der Waals surface area (Å²) in [5.74, 6) is 0.245. The predicted octanol–water partition coefficient (Wildman–Crippen LogP) is 4.70. The smallest absolute Gasteiger partial charge is 0.335 e. The Labute approximate surface area is 218 Å². The van der Waals surface area contributed by atoms with Gasteiger partial charge in [-0.05, 0) is 92.6 Å². The van der Waals surface area contributed by atoms with E-state index in [4.69, 9.17) is 14.2 Å². The van der Waals surface area contributed by atoms with E-state index in [2.05, 4.69) is 22.8 Å². The first kappa shape index (κ1) is 25.4. The second-order valence-corrected chi connectivity index (χ2v) is 11.3. The van der Waals surface area contributed by atoms with Gasteiger partial charge in [0.25, 0.3) is 0 Å². The lowest BCUT2D eigenvalue weighted by atomic mass is 9.81. The van der Waals surface area contributed by atoms with Crippen LogP contribution in [0.1, 0.15) is 76.3 Å². The van der Waals surface area contributed by atoms with Gasteiger partial charge in [0.15, 0.2) is 0 Å². The molecule has 1 saturated carbocycles. The van der Waals surface area contributed by atoms with Crippen molar-refractivity contribution in [3.63, 3.8) is 0 Å². The predicted molar refractivity (Wildman–Crippen MR) is 144 cm³/mol. The van der Waals surface area contributed by atoms with Gasteiger partial charge >= 0.3 is 11.9 Å². The summed E-state index contributed by atoms with van der Waals surface area (Å²) in [6, 6.07) is 6.06. The molecule has 1 aromatic heterocycles. The minimum atomic E-state index is -0.548. The van der Waals surface area contributed by atoms with Crippen LogP contribution in [0, 0.1) is 5.92 Å². The van der Waals surface area contributed by atoms with Crippen molar-refractivity contribution in [3.05, 3.63) is 45.5 Å². The van der Waals surface area contributed by atoms with Crippen molar-refractivity contribution in [2.45, 2.75) is 77.4 Å². The van der Waals surface area contributed by atoms with E-state index in [-0.39, 0.29) is 17.9 Å². The Kier molecular flexibility index (Phi) is 6.78. The number of methoxy groups -OCH3 is 2. The number of esters is 2. The molecule has 5 rings (SSSR count). The quantitative estimate of drug-likeness (QED) is 0.566. The van der Waals surface area contributed by atoms with Crippen molar-refractivity contribution in [2.24, 2.45) is 5.92 Å². The fourth-order valence-electron chi connectivity index (χ4n) is 6.04. The van der Waals surface area contributed by atoms with Gasteiger partial charge in [-0.15, -0.1) is 0 Å². The minimum Gasteiger partial charge on any atom is -0.497 e. The molecule has 0 unspecified atom stereocenters. The summed E-state index contributed by atoms with van der Waals surface area (Å²) in [4.78, 5) is 25.9. The zero-order chi connectivity index (χ0) is 26.3. The molecule has 3 aliphatic rings. The van der Waals surface area contributed by atoms with Crippen LogP contribution >= 0.6 is 0 Å². The SMILES string of the molecule is COC(=O)C1=Cc2cc(OC)ccc2-c2c(C3CCCCC3)c3c(n2C1)=C[C@H](C(=O)OC(C)(C)C)CC=3. The first-order valence-electron chi connectivity index (χ1n) is 13.3. The van der Waals surface area contributed by atoms with Gasteiger partial charge in [0.05, 0.1) is 37.9 Å². The molecule has 0 N–H and O–H groups in total. The molecule has 2 aromatic rings. The van der Waals surface area contributed by atoms with Crippen LogP contribution in [0.5, 0.6) is 5.75 Å². The van der Waals surface area contributed by atoms with E-state index in [1.807, 2.05) is 39.0 Å². The Hall–Kier alpha value is -3.28. The third-order valence-electron chi connectivity index (χ3n) is 7.66. The number of rotatable bonds is 4. The second-order valence-electron chi connectivity index (χ2n) is 11.3. The Morgan fingerprint density at radius 3 is 2.49 bits per heavy atom. The number of fused-ring (bicyclic) bond motifs is 5. The first-order valence-corrected chi connectivity index (χ1v) is 13.3. The number of aromatic nitrogens is 1. The summed E-state index contributed by atoms with van der Waals surface area (Å²) in [5, 5.41) is 2.20. The molecule has 1 aromatic carbocycles. The van der Waals surface area contributed by atoms with Gasteiger partial charge in [-0.1, -0.05) is 25.3 Å². The summed E-state index contributed by atoms with van der Waals surface area (Å²) < 4.78 is 18.7. The summed E-state index contributed by atoms with van der Waals surface area (Å²) in [6.45, 7) is 6.06. The number of benzene rings is 1. The highest BCUT2D eigenvalue weighted by Gasteiger charge is 2.32. The van der Waals surface area contributed by atoms with E-state index in [1.165, 1.54) is 37.2 Å². The molecule has 6 nitrogen and oxygen atoms in total. The lowest BCUT2D eigenvalue weighted by Crippen LogP contribution is -2.38. The van der Waals surface area contributed by atoms with Crippen LogP contribution in [-0.4, -0.2) is 36.3 Å². The van der Waals surface area contributed by atoms with Crippen LogP contribution in [-0.2, 0) is 25.6 Å². The highest BCUT2D eigenvalue weighted by molar-refractivity contribution is 5.96. The van der Waals surface area contributed by atoms with E-state index in [1.54, 1.807) is 7.11 Å². The highest BCUT2D eigenvalue weighted by atomic mass is 16.6. The van der Waals surface area contributed by atoms with Crippen LogP contribution in [0.25, 0.3) is 29.5 Å². The molecule has 0 saturated heterocycles. The lowest BCUT2D eigenvalue weighted by Gasteiger charge is -2.24. The van der Waals surface area contributed by atoms with Gasteiger partial charge in [0.1, 0.15) is 11.4 Å². The molecule has 1 fully saturated rings. The Morgan fingerprint density at radius 1 is 1.05 bits per heavy atom. The average Bonchev–Trinajstić information content (AvgIpc) is 3.09. The summed E-state index contributed by atoms with van der Waals surface area (Å²) in [5.41, 5.74) is 4.52. The number of hydrogen-bond acceptors (Lipinski definition) is 5. The zero-order valence-electron chi connectivity index (χ0n) is 22.6.